The van der Waals surface area contributed by atoms with Gasteiger partial charge in [0.1, 0.15) is 5.60 Å². The van der Waals surface area contributed by atoms with E-state index in [1.807, 2.05) is 32.6 Å². The summed E-state index contributed by atoms with van der Waals surface area (Å²) in [4.78, 5) is 13.6. The first-order valence-corrected chi connectivity index (χ1v) is 6.03. The first-order valence-electron chi connectivity index (χ1n) is 6.03. The molecule has 3 heteroatoms. The van der Waals surface area contributed by atoms with Gasteiger partial charge in [0.05, 0.1) is 0 Å². The van der Waals surface area contributed by atoms with E-state index in [0.29, 0.717) is 5.92 Å². The molecule has 1 amide bonds. The van der Waals surface area contributed by atoms with Crippen molar-refractivity contribution in [3.63, 3.8) is 0 Å². The maximum Gasteiger partial charge on any atom is 0.410 e. The van der Waals surface area contributed by atoms with Crippen LogP contribution in [0.5, 0.6) is 0 Å². The van der Waals surface area contributed by atoms with Gasteiger partial charge in [-0.1, -0.05) is 12.2 Å². The Balaban J connectivity index is 2.39. The summed E-state index contributed by atoms with van der Waals surface area (Å²) in [6, 6.07) is 0. The molecule has 0 atom stereocenters. The Morgan fingerprint density at radius 1 is 1.31 bits per heavy atom. The van der Waals surface area contributed by atoms with Crippen LogP contribution in [0, 0.1) is 5.92 Å². The number of ether oxygens (including phenoxy) is 1. The largest absolute Gasteiger partial charge is 0.444 e. The molecule has 0 aromatic heterocycles. The van der Waals surface area contributed by atoms with E-state index in [0.717, 1.165) is 25.9 Å². The van der Waals surface area contributed by atoms with Crippen LogP contribution in [0.2, 0.25) is 0 Å². The average Bonchev–Trinajstić information content (AvgIpc) is 2.16. The topological polar surface area (TPSA) is 29.5 Å². The molecule has 0 bridgehead atoms. The summed E-state index contributed by atoms with van der Waals surface area (Å²) in [5, 5.41) is 0. The van der Waals surface area contributed by atoms with Crippen molar-refractivity contribution < 1.29 is 9.53 Å². The fraction of sp³-hybridized carbons (Fsp3) is 0.769. The van der Waals surface area contributed by atoms with Crippen molar-refractivity contribution in [3.8, 4) is 0 Å². The zero-order chi connectivity index (χ0) is 12.2. The normalized spacial score (nSPS) is 19.1. The van der Waals surface area contributed by atoms with Crippen molar-refractivity contribution in [2.45, 2.75) is 46.1 Å². The molecule has 0 radical (unpaired) electrons. The number of hydrogen-bond acceptors (Lipinski definition) is 2. The van der Waals surface area contributed by atoms with Gasteiger partial charge < -0.3 is 9.64 Å². The summed E-state index contributed by atoms with van der Waals surface area (Å²) in [5.74, 6) is 0.628. The van der Waals surface area contributed by atoms with Crippen molar-refractivity contribution in [1.29, 1.82) is 0 Å². The molecular formula is C13H23NO2. The van der Waals surface area contributed by atoms with Crippen molar-refractivity contribution in [2.75, 3.05) is 13.1 Å². The molecule has 1 rings (SSSR count). The third-order valence-corrected chi connectivity index (χ3v) is 2.66. The van der Waals surface area contributed by atoms with Gasteiger partial charge in [-0.3, -0.25) is 0 Å². The molecule has 16 heavy (non-hydrogen) atoms. The molecule has 3 nitrogen and oxygen atoms in total. The van der Waals surface area contributed by atoms with Crippen LogP contribution in [-0.2, 0) is 4.74 Å². The van der Waals surface area contributed by atoms with Gasteiger partial charge in [-0.15, -0.1) is 0 Å². The lowest BCUT2D eigenvalue weighted by atomic mass is 9.97. The SMILES string of the molecule is CC=CC1CCN(C(=O)OC(C)(C)C)CC1. The van der Waals surface area contributed by atoms with E-state index in [9.17, 15) is 4.79 Å². The third kappa shape index (κ3) is 4.25. The third-order valence-electron chi connectivity index (χ3n) is 2.66. The number of nitrogens with zero attached hydrogens (tertiary/aromatic N) is 1. The van der Waals surface area contributed by atoms with Crippen molar-refractivity contribution in [1.82, 2.24) is 4.90 Å². The van der Waals surface area contributed by atoms with Crippen LogP contribution in [0.3, 0.4) is 0 Å². The molecule has 0 saturated carbocycles. The highest BCUT2D eigenvalue weighted by molar-refractivity contribution is 5.68. The molecule has 0 unspecified atom stereocenters. The minimum atomic E-state index is -0.392. The molecule has 0 aromatic rings. The Bertz CT molecular complexity index is 258. The van der Waals surface area contributed by atoms with Crippen LogP contribution < -0.4 is 0 Å². The van der Waals surface area contributed by atoms with Crippen molar-refractivity contribution in [2.24, 2.45) is 5.92 Å². The smallest absolute Gasteiger partial charge is 0.410 e. The Hall–Kier alpha value is -0.990. The van der Waals surface area contributed by atoms with Gasteiger partial charge in [0.2, 0.25) is 0 Å². The summed E-state index contributed by atoms with van der Waals surface area (Å²) in [5.41, 5.74) is -0.392. The number of carbonyl (C=O) groups is 1. The van der Waals surface area contributed by atoms with Crippen LogP contribution in [-0.4, -0.2) is 29.7 Å². The number of allylic oxidation sites excluding steroid dienone is 2. The highest BCUT2D eigenvalue weighted by Gasteiger charge is 2.25. The molecule has 1 saturated heterocycles. The predicted molar refractivity (Wildman–Crippen MR) is 65.3 cm³/mol. The second-order valence-corrected chi connectivity index (χ2v) is 5.33. The molecule has 1 aliphatic heterocycles. The van der Waals surface area contributed by atoms with Crippen molar-refractivity contribution in [3.05, 3.63) is 12.2 Å². The average molecular weight is 225 g/mol. The van der Waals surface area contributed by atoms with Gasteiger partial charge in [0, 0.05) is 13.1 Å². The van der Waals surface area contributed by atoms with E-state index in [1.54, 1.807) is 0 Å². The minimum Gasteiger partial charge on any atom is -0.444 e. The quantitative estimate of drug-likeness (QED) is 0.641. The monoisotopic (exact) mass is 225 g/mol. The molecular weight excluding hydrogens is 202 g/mol. The van der Waals surface area contributed by atoms with E-state index < -0.39 is 5.60 Å². The number of piperidine rings is 1. The van der Waals surface area contributed by atoms with Gasteiger partial charge in [0.15, 0.2) is 0 Å². The van der Waals surface area contributed by atoms with E-state index >= 15 is 0 Å². The zero-order valence-electron chi connectivity index (χ0n) is 10.8. The van der Waals surface area contributed by atoms with Gasteiger partial charge in [-0.2, -0.15) is 0 Å². The molecule has 1 heterocycles. The lowest BCUT2D eigenvalue weighted by molar-refractivity contribution is 0.0197. The lowest BCUT2D eigenvalue weighted by Gasteiger charge is -2.32. The number of rotatable bonds is 1. The Morgan fingerprint density at radius 3 is 2.31 bits per heavy atom. The second kappa shape index (κ2) is 5.37. The lowest BCUT2D eigenvalue weighted by Crippen LogP contribution is -2.41. The summed E-state index contributed by atoms with van der Waals surface area (Å²) >= 11 is 0. The predicted octanol–water partition coefficient (Wildman–Crippen LogP) is 3.21. The van der Waals surface area contributed by atoms with E-state index in [1.165, 1.54) is 0 Å². The molecule has 0 aliphatic carbocycles. The van der Waals surface area contributed by atoms with Gasteiger partial charge in [-0.25, -0.2) is 4.79 Å². The highest BCUT2D eigenvalue weighted by atomic mass is 16.6. The fourth-order valence-corrected chi connectivity index (χ4v) is 1.87. The maximum atomic E-state index is 11.8. The molecule has 0 N–H and O–H groups in total. The number of hydrogen-bond donors (Lipinski definition) is 0. The van der Waals surface area contributed by atoms with Gasteiger partial charge >= 0.3 is 6.09 Å². The Kier molecular flexibility index (Phi) is 4.39. The maximum absolute atomic E-state index is 11.8. The van der Waals surface area contributed by atoms with E-state index in [2.05, 4.69) is 12.2 Å². The zero-order valence-corrected chi connectivity index (χ0v) is 10.8. The Morgan fingerprint density at radius 2 is 1.88 bits per heavy atom. The summed E-state index contributed by atoms with van der Waals surface area (Å²) < 4.78 is 5.34. The first kappa shape index (κ1) is 13.1. The summed E-state index contributed by atoms with van der Waals surface area (Å²) in [6.07, 6.45) is 6.24. The van der Waals surface area contributed by atoms with Crippen LogP contribution in [0.15, 0.2) is 12.2 Å². The molecule has 0 spiro atoms. The van der Waals surface area contributed by atoms with Crippen LogP contribution in [0.25, 0.3) is 0 Å². The molecule has 0 aromatic carbocycles. The Labute approximate surface area is 98.5 Å². The second-order valence-electron chi connectivity index (χ2n) is 5.33. The molecule has 1 aliphatic rings. The standard InChI is InChI=1S/C13H23NO2/c1-5-6-11-7-9-14(10-8-11)12(15)16-13(2,3)4/h5-6,11H,7-10H2,1-4H3. The number of likely N-dealkylation sites (tertiary alicyclic amines) is 1. The fourth-order valence-electron chi connectivity index (χ4n) is 1.87. The molecule has 92 valence electrons. The summed E-state index contributed by atoms with van der Waals surface area (Å²) in [7, 11) is 0. The van der Waals surface area contributed by atoms with Crippen molar-refractivity contribution >= 4 is 6.09 Å². The van der Waals surface area contributed by atoms with Crippen LogP contribution in [0.1, 0.15) is 40.5 Å². The number of amides is 1. The minimum absolute atomic E-state index is 0.175. The van der Waals surface area contributed by atoms with Gasteiger partial charge in [0.25, 0.3) is 0 Å². The van der Waals surface area contributed by atoms with E-state index in [-0.39, 0.29) is 6.09 Å². The first-order chi connectivity index (χ1) is 7.42. The van der Waals surface area contributed by atoms with E-state index in [4.69, 9.17) is 4.74 Å². The number of carbonyl (C=O) groups excluding carboxylic acids is 1. The summed E-state index contributed by atoms with van der Waals surface area (Å²) in [6.45, 7) is 9.36. The molecule has 1 fully saturated rings. The van der Waals surface area contributed by atoms with Crippen LogP contribution in [0.4, 0.5) is 4.79 Å². The highest BCUT2D eigenvalue weighted by Crippen LogP contribution is 2.20. The van der Waals surface area contributed by atoms with Crippen LogP contribution >= 0.6 is 0 Å². The van der Waals surface area contributed by atoms with Gasteiger partial charge in [-0.05, 0) is 46.5 Å².